The highest BCUT2D eigenvalue weighted by molar-refractivity contribution is 6.30. The standard InChI is InChI=1S/C21H17ClFN3O4/c1-11(13-4-6-14(7-5-13)21(28)29)24-19(27)18-12(2)25-26(3)20(18)30-17-9-15(22)8-16(23)10-17/h4-10H,1H2,2-3H3,(H,24,27)(H,28,29). The molecular formula is C21H17ClFN3O4. The molecule has 0 unspecified atom stereocenters. The zero-order chi connectivity index (χ0) is 22.0. The first-order chi connectivity index (χ1) is 14.2. The highest BCUT2D eigenvalue weighted by atomic mass is 35.5. The Hall–Kier alpha value is -3.65. The Morgan fingerprint density at radius 2 is 1.83 bits per heavy atom. The van der Waals surface area contributed by atoms with Gasteiger partial charge < -0.3 is 15.2 Å². The number of carbonyl (C=O) groups is 2. The average Bonchev–Trinajstić information content (AvgIpc) is 2.94. The number of carbonyl (C=O) groups excluding carboxylic acids is 1. The van der Waals surface area contributed by atoms with E-state index in [4.69, 9.17) is 21.4 Å². The van der Waals surface area contributed by atoms with Crippen LogP contribution in [0.4, 0.5) is 4.39 Å². The van der Waals surface area contributed by atoms with Crippen molar-refractivity contribution < 1.29 is 23.8 Å². The number of halogens is 2. The van der Waals surface area contributed by atoms with Crippen molar-refractivity contribution in [3.05, 3.63) is 82.3 Å². The number of nitrogens with zero attached hydrogens (tertiary/aromatic N) is 2. The van der Waals surface area contributed by atoms with Gasteiger partial charge >= 0.3 is 5.97 Å². The Kier molecular flexibility index (Phi) is 5.89. The Bertz CT molecular complexity index is 1140. The largest absolute Gasteiger partial charge is 0.478 e. The first kappa shape index (κ1) is 21.1. The molecule has 0 aliphatic heterocycles. The number of carboxylic acids is 1. The van der Waals surface area contributed by atoms with E-state index in [0.717, 1.165) is 12.1 Å². The molecule has 3 rings (SSSR count). The van der Waals surface area contributed by atoms with Gasteiger partial charge in [0.1, 0.15) is 17.1 Å². The fraction of sp³-hybridized carbons (Fsp3) is 0.0952. The molecule has 30 heavy (non-hydrogen) atoms. The number of rotatable bonds is 6. The summed E-state index contributed by atoms with van der Waals surface area (Å²) in [4.78, 5) is 23.9. The van der Waals surface area contributed by atoms with E-state index in [-0.39, 0.29) is 33.5 Å². The van der Waals surface area contributed by atoms with Gasteiger partial charge in [-0.25, -0.2) is 13.9 Å². The third-order valence-corrected chi connectivity index (χ3v) is 4.41. The number of aryl methyl sites for hydroxylation is 2. The summed E-state index contributed by atoms with van der Waals surface area (Å²) in [5, 5.41) is 16.0. The Balaban J connectivity index is 1.85. The number of nitrogens with one attached hydrogen (secondary N) is 1. The van der Waals surface area contributed by atoms with E-state index in [1.807, 2.05) is 0 Å². The third-order valence-electron chi connectivity index (χ3n) is 4.19. The van der Waals surface area contributed by atoms with Gasteiger partial charge in [-0.2, -0.15) is 5.10 Å². The van der Waals surface area contributed by atoms with Gasteiger partial charge in [-0.3, -0.25) is 4.79 Å². The zero-order valence-electron chi connectivity index (χ0n) is 16.1. The van der Waals surface area contributed by atoms with Crippen molar-refractivity contribution >= 4 is 29.2 Å². The van der Waals surface area contributed by atoms with Crippen molar-refractivity contribution in [1.82, 2.24) is 15.1 Å². The van der Waals surface area contributed by atoms with Gasteiger partial charge in [-0.15, -0.1) is 0 Å². The van der Waals surface area contributed by atoms with Crippen LogP contribution in [0.25, 0.3) is 5.70 Å². The SMILES string of the molecule is C=C(NC(=O)c1c(C)nn(C)c1Oc1cc(F)cc(Cl)c1)c1ccc(C(=O)O)cc1. The molecule has 0 fully saturated rings. The van der Waals surface area contributed by atoms with Gasteiger partial charge in [-0.05, 0) is 36.8 Å². The number of aromatic nitrogens is 2. The van der Waals surface area contributed by atoms with Crippen LogP contribution >= 0.6 is 11.6 Å². The number of hydrogen-bond donors (Lipinski definition) is 2. The molecule has 7 nitrogen and oxygen atoms in total. The number of benzene rings is 2. The summed E-state index contributed by atoms with van der Waals surface area (Å²) in [5.74, 6) is -1.96. The summed E-state index contributed by atoms with van der Waals surface area (Å²) in [5.41, 5.74) is 1.45. The number of hydrogen-bond acceptors (Lipinski definition) is 4. The number of carboxylic acid groups (broad SMARTS) is 1. The molecule has 0 aliphatic rings. The number of amides is 1. The van der Waals surface area contributed by atoms with Crippen LogP contribution in [0.15, 0.2) is 49.0 Å². The Morgan fingerprint density at radius 1 is 1.20 bits per heavy atom. The maximum atomic E-state index is 13.6. The molecule has 0 radical (unpaired) electrons. The van der Waals surface area contributed by atoms with Crippen LogP contribution in [0.1, 0.15) is 32.0 Å². The fourth-order valence-electron chi connectivity index (χ4n) is 2.80. The molecule has 0 saturated heterocycles. The summed E-state index contributed by atoms with van der Waals surface area (Å²) in [6, 6.07) is 9.58. The molecule has 9 heteroatoms. The maximum Gasteiger partial charge on any atom is 0.335 e. The summed E-state index contributed by atoms with van der Waals surface area (Å²) in [6.45, 7) is 5.45. The summed E-state index contributed by atoms with van der Waals surface area (Å²) in [6.07, 6.45) is 0. The van der Waals surface area contributed by atoms with Crippen molar-refractivity contribution in [2.75, 3.05) is 0 Å². The van der Waals surface area contributed by atoms with Gasteiger partial charge in [0.2, 0.25) is 5.88 Å². The molecule has 2 N–H and O–H groups in total. The van der Waals surface area contributed by atoms with Crippen LogP contribution in [0.5, 0.6) is 11.6 Å². The van der Waals surface area contributed by atoms with Crippen LogP contribution in [-0.4, -0.2) is 26.8 Å². The molecule has 0 saturated carbocycles. The lowest BCUT2D eigenvalue weighted by Gasteiger charge is -2.11. The molecule has 2 aromatic carbocycles. The normalized spacial score (nSPS) is 10.5. The van der Waals surface area contributed by atoms with Gasteiger partial charge in [0.05, 0.1) is 11.3 Å². The number of ether oxygens (including phenoxy) is 1. The van der Waals surface area contributed by atoms with Crippen molar-refractivity contribution in [3.8, 4) is 11.6 Å². The van der Waals surface area contributed by atoms with E-state index in [0.29, 0.717) is 11.3 Å². The minimum atomic E-state index is -1.05. The molecule has 1 amide bonds. The lowest BCUT2D eigenvalue weighted by molar-refractivity contribution is 0.0696. The Labute approximate surface area is 176 Å². The quantitative estimate of drug-likeness (QED) is 0.605. The van der Waals surface area contributed by atoms with Crippen LogP contribution in [-0.2, 0) is 7.05 Å². The summed E-state index contributed by atoms with van der Waals surface area (Å²) < 4.78 is 20.7. The molecular weight excluding hydrogens is 413 g/mol. The second kappa shape index (κ2) is 8.38. The molecule has 3 aromatic rings. The van der Waals surface area contributed by atoms with E-state index in [2.05, 4.69) is 17.0 Å². The van der Waals surface area contributed by atoms with Gasteiger partial charge in [0.15, 0.2) is 0 Å². The smallest absolute Gasteiger partial charge is 0.335 e. The van der Waals surface area contributed by atoms with E-state index in [9.17, 15) is 14.0 Å². The first-order valence-corrected chi connectivity index (χ1v) is 9.05. The predicted octanol–water partition coefficient (Wildman–Crippen LogP) is 4.41. The van der Waals surface area contributed by atoms with E-state index >= 15 is 0 Å². The topological polar surface area (TPSA) is 93.5 Å². The molecule has 0 bridgehead atoms. The van der Waals surface area contributed by atoms with Gasteiger partial charge in [0.25, 0.3) is 5.91 Å². The second-order valence-electron chi connectivity index (χ2n) is 6.41. The monoisotopic (exact) mass is 429 g/mol. The molecule has 154 valence electrons. The summed E-state index contributed by atoms with van der Waals surface area (Å²) >= 11 is 5.86. The van der Waals surface area contributed by atoms with Gasteiger partial charge in [0, 0.05) is 23.8 Å². The lowest BCUT2D eigenvalue weighted by atomic mass is 10.1. The fourth-order valence-corrected chi connectivity index (χ4v) is 3.01. The average molecular weight is 430 g/mol. The predicted molar refractivity (Wildman–Crippen MR) is 109 cm³/mol. The minimum Gasteiger partial charge on any atom is -0.478 e. The van der Waals surface area contributed by atoms with Crippen LogP contribution in [0.3, 0.4) is 0 Å². The molecule has 0 spiro atoms. The van der Waals surface area contributed by atoms with Crippen molar-refractivity contribution in [1.29, 1.82) is 0 Å². The highest BCUT2D eigenvalue weighted by Gasteiger charge is 2.23. The molecule has 1 aromatic heterocycles. The molecule has 1 heterocycles. The molecule has 0 aliphatic carbocycles. The van der Waals surface area contributed by atoms with E-state index in [1.54, 1.807) is 14.0 Å². The van der Waals surface area contributed by atoms with E-state index in [1.165, 1.54) is 35.0 Å². The highest BCUT2D eigenvalue weighted by Crippen LogP contribution is 2.30. The van der Waals surface area contributed by atoms with Crippen LogP contribution in [0, 0.1) is 12.7 Å². The Morgan fingerprint density at radius 3 is 2.43 bits per heavy atom. The first-order valence-electron chi connectivity index (χ1n) is 8.67. The maximum absolute atomic E-state index is 13.6. The third kappa shape index (κ3) is 4.49. The lowest BCUT2D eigenvalue weighted by Crippen LogP contribution is -2.22. The van der Waals surface area contributed by atoms with Crippen LogP contribution < -0.4 is 10.1 Å². The number of aromatic carboxylic acids is 1. The summed E-state index contributed by atoms with van der Waals surface area (Å²) in [7, 11) is 1.58. The van der Waals surface area contributed by atoms with Crippen molar-refractivity contribution in [3.63, 3.8) is 0 Å². The van der Waals surface area contributed by atoms with Crippen molar-refractivity contribution in [2.45, 2.75) is 6.92 Å². The van der Waals surface area contributed by atoms with Crippen molar-refractivity contribution in [2.24, 2.45) is 7.05 Å². The molecule has 0 atom stereocenters. The van der Waals surface area contributed by atoms with E-state index < -0.39 is 17.7 Å². The second-order valence-corrected chi connectivity index (χ2v) is 6.85. The minimum absolute atomic E-state index is 0.0979. The van der Waals surface area contributed by atoms with Gasteiger partial charge in [-0.1, -0.05) is 30.3 Å². The zero-order valence-corrected chi connectivity index (χ0v) is 16.8. The van der Waals surface area contributed by atoms with Crippen LogP contribution in [0.2, 0.25) is 5.02 Å².